The zero-order valence-electron chi connectivity index (χ0n) is 6.53. The number of anilines is 1. The SMILES string of the molecule is FC1CCCC1Nc1cnsn1. The third-order valence-corrected chi connectivity index (χ3v) is 2.60. The van der Waals surface area contributed by atoms with E-state index in [4.69, 9.17) is 0 Å². The molecule has 1 fully saturated rings. The number of halogens is 1. The first-order valence-corrected chi connectivity index (χ1v) is 4.77. The van der Waals surface area contributed by atoms with Crippen LogP contribution in [0.4, 0.5) is 10.2 Å². The van der Waals surface area contributed by atoms with Gasteiger partial charge in [-0.25, -0.2) is 4.39 Å². The van der Waals surface area contributed by atoms with Crippen molar-refractivity contribution in [2.45, 2.75) is 31.5 Å². The van der Waals surface area contributed by atoms with Gasteiger partial charge in [-0.2, -0.15) is 8.75 Å². The highest BCUT2D eigenvalue weighted by Gasteiger charge is 2.26. The van der Waals surface area contributed by atoms with Crippen molar-refractivity contribution in [3.8, 4) is 0 Å². The number of nitrogens with one attached hydrogen (secondary N) is 1. The molecule has 5 heteroatoms. The van der Waals surface area contributed by atoms with Gasteiger partial charge in [-0.3, -0.25) is 0 Å². The minimum Gasteiger partial charge on any atom is -0.362 e. The van der Waals surface area contributed by atoms with Gasteiger partial charge < -0.3 is 5.32 Å². The Balaban J connectivity index is 1.95. The Labute approximate surface area is 74.3 Å². The summed E-state index contributed by atoms with van der Waals surface area (Å²) in [6.07, 6.45) is 3.46. The van der Waals surface area contributed by atoms with Crippen molar-refractivity contribution in [1.29, 1.82) is 0 Å². The molecule has 2 atom stereocenters. The Hall–Kier alpha value is -0.710. The zero-order valence-corrected chi connectivity index (χ0v) is 7.35. The number of alkyl halides is 1. The summed E-state index contributed by atoms with van der Waals surface area (Å²) in [5, 5.41) is 3.03. The summed E-state index contributed by atoms with van der Waals surface area (Å²) in [5.41, 5.74) is 0. The van der Waals surface area contributed by atoms with Gasteiger partial charge in [0.25, 0.3) is 0 Å². The van der Waals surface area contributed by atoms with E-state index >= 15 is 0 Å². The fraction of sp³-hybridized carbons (Fsp3) is 0.714. The lowest BCUT2D eigenvalue weighted by atomic mass is 10.2. The lowest BCUT2D eigenvalue weighted by Gasteiger charge is -2.12. The molecule has 66 valence electrons. The molecule has 2 unspecified atom stereocenters. The Morgan fingerprint density at radius 2 is 2.50 bits per heavy atom. The Morgan fingerprint density at radius 1 is 1.58 bits per heavy atom. The van der Waals surface area contributed by atoms with E-state index in [-0.39, 0.29) is 6.04 Å². The maximum atomic E-state index is 13.1. The van der Waals surface area contributed by atoms with Crippen molar-refractivity contribution in [3.05, 3.63) is 6.20 Å². The van der Waals surface area contributed by atoms with E-state index < -0.39 is 6.17 Å². The molecular formula is C7H10FN3S. The fourth-order valence-corrected chi connectivity index (χ4v) is 1.88. The number of hydrogen-bond donors (Lipinski definition) is 1. The Kier molecular flexibility index (Phi) is 2.21. The van der Waals surface area contributed by atoms with Gasteiger partial charge in [-0.1, -0.05) is 0 Å². The molecule has 0 saturated heterocycles. The van der Waals surface area contributed by atoms with Gasteiger partial charge in [0.15, 0.2) is 5.82 Å². The predicted octanol–water partition coefficient (Wildman–Crippen LogP) is 1.84. The van der Waals surface area contributed by atoms with Crippen molar-refractivity contribution >= 4 is 17.5 Å². The molecule has 0 radical (unpaired) electrons. The smallest absolute Gasteiger partial charge is 0.160 e. The second-order valence-corrected chi connectivity index (χ2v) is 3.55. The molecule has 0 aromatic carbocycles. The van der Waals surface area contributed by atoms with Crippen molar-refractivity contribution in [2.24, 2.45) is 0 Å². The van der Waals surface area contributed by atoms with Crippen molar-refractivity contribution in [3.63, 3.8) is 0 Å². The van der Waals surface area contributed by atoms with Gasteiger partial charge in [0, 0.05) is 0 Å². The molecule has 3 nitrogen and oxygen atoms in total. The molecule has 0 aliphatic heterocycles. The van der Waals surface area contributed by atoms with Crippen molar-refractivity contribution in [2.75, 3.05) is 5.32 Å². The topological polar surface area (TPSA) is 37.8 Å². The van der Waals surface area contributed by atoms with Gasteiger partial charge in [0.1, 0.15) is 6.17 Å². The number of hydrogen-bond acceptors (Lipinski definition) is 4. The molecule has 1 aliphatic rings. The van der Waals surface area contributed by atoms with Gasteiger partial charge in [0.05, 0.1) is 24.0 Å². The number of rotatable bonds is 2. The largest absolute Gasteiger partial charge is 0.362 e. The summed E-state index contributed by atoms with van der Waals surface area (Å²) in [4.78, 5) is 0. The summed E-state index contributed by atoms with van der Waals surface area (Å²) in [6, 6.07) is -0.0473. The lowest BCUT2D eigenvalue weighted by molar-refractivity contribution is 0.323. The molecule has 1 aliphatic carbocycles. The minimum atomic E-state index is -0.716. The molecule has 0 bridgehead atoms. The molecule has 12 heavy (non-hydrogen) atoms. The second-order valence-electron chi connectivity index (χ2n) is 2.99. The molecular weight excluding hydrogens is 177 g/mol. The summed E-state index contributed by atoms with van der Waals surface area (Å²) in [6.45, 7) is 0. The highest BCUT2D eigenvalue weighted by Crippen LogP contribution is 2.24. The van der Waals surface area contributed by atoms with Crippen LogP contribution in [0.2, 0.25) is 0 Å². The maximum absolute atomic E-state index is 13.1. The summed E-state index contributed by atoms with van der Waals surface area (Å²) < 4.78 is 20.9. The van der Waals surface area contributed by atoms with Gasteiger partial charge in [0.2, 0.25) is 0 Å². The third-order valence-electron chi connectivity index (χ3n) is 2.13. The van der Waals surface area contributed by atoms with Crippen LogP contribution in [0.25, 0.3) is 0 Å². The monoisotopic (exact) mass is 187 g/mol. The molecule has 0 amide bonds. The maximum Gasteiger partial charge on any atom is 0.160 e. The average molecular weight is 187 g/mol. The molecule has 1 aromatic heterocycles. The van der Waals surface area contributed by atoms with Crippen LogP contribution >= 0.6 is 11.7 Å². The van der Waals surface area contributed by atoms with Gasteiger partial charge in [-0.05, 0) is 19.3 Å². The predicted molar refractivity (Wildman–Crippen MR) is 46.1 cm³/mol. The molecule has 1 aromatic rings. The van der Waals surface area contributed by atoms with E-state index in [1.807, 2.05) is 0 Å². The standard InChI is InChI=1S/C7H10FN3S/c8-5-2-1-3-6(5)10-7-4-9-12-11-7/h4-6H,1-3H2,(H,10,11). The second kappa shape index (κ2) is 3.35. The molecule has 1 saturated carbocycles. The molecule has 2 rings (SSSR count). The van der Waals surface area contributed by atoms with Gasteiger partial charge in [-0.15, -0.1) is 0 Å². The highest BCUT2D eigenvalue weighted by atomic mass is 32.1. The van der Waals surface area contributed by atoms with Gasteiger partial charge >= 0.3 is 0 Å². The van der Waals surface area contributed by atoms with Crippen LogP contribution in [0.15, 0.2) is 6.20 Å². The number of aromatic nitrogens is 2. The van der Waals surface area contributed by atoms with Crippen molar-refractivity contribution < 1.29 is 4.39 Å². The lowest BCUT2D eigenvalue weighted by Crippen LogP contribution is -2.24. The Bertz CT molecular complexity index is 239. The first-order chi connectivity index (χ1) is 5.86. The highest BCUT2D eigenvalue weighted by molar-refractivity contribution is 6.99. The molecule has 0 spiro atoms. The van der Waals surface area contributed by atoms with Crippen LogP contribution in [0.5, 0.6) is 0 Å². The number of nitrogens with zero attached hydrogens (tertiary/aromatic N) is 2. The quantitative estimate of drug-likeness (QED) is 0.767. The van der Waals surface area contributed by atoms with Crippen molar-refractivity contribution in [1.82, 2.24) is 8.75 Å². The fourth-order valence-electron chi connectivity index (χ4n) is 1.50. The van der Waals surface area contributed by atoms with Crippen LogP contribution in [-0.4, -0.2) is 21.0 Å². The first-order valence-electron chi connectivity index (χ1n) is 4.04. The van der Waals surface area contributed by atoms with E-state index in [0.29, 0.717) is 12.2 Å². The van der Waals surface area contributed by atoms with Crippen LogP contribution in [0.1, 0.15) is 19.3 Å². The minimum absolute atomic E-state index is 0.0473. The average Bonchev–Trinajstić information content (AvgIpc) is 2.65. The van der Waals surface area contributed by atoms with E-state index in [1.54, 1.807) is 6.20 Å². The molecule has 1 heterocycles. The van der Waals surface area contributed by atoms with E-state index in [1.165, 1.54) is 0 Å². The first kappa shape index (κ1) is 7.91. The van der Waals surface area contributed by atoms with E-state index in [9.17, 15) is 4.39 Å². The van der Waals surface area contributed by atoms with Crippen LogP contribution in [-0.2, 0) is 0 Å². The summed E-state index contributed by atoms with van der Waals surface area (Å²) >= 11 is 1.14. The Morgan fingerprint density at radius 3 is 3.08 bits per heavy atom. The molecule has 1 N–H and O–H groups in total. The van der Waals surface area contributed by atoms with Crippen LogP contribution in [0.3, 0.4) is 0 Å². The van der Waals surface area contributed by atoms with Crippen LogP contribution in [0, 0.1) is 0 Å². The van der Waals surface area contributed by atoms with E-state index in [0.717, 1.165) is 24.6 Å². The van der Waals surface area contributed by atoms with E-state index in [2.05, 4.69) is 14.1 Å². The zero-order chi connectivity index (χ0) is 8.39. The summed E-state index contributed by atoms with van der Waals surface area (Å²) in [7, 11) is 0. The third kappa shape index (κ3) is 1.55. The normalized spacial score (nSPS) is 29.1. The summed E-state index contributed by atoms with van der Waals surface area (Å²) in [5.74, 6) is 0.703. The van der Waals surface area contributed by atoms with Crippen LogP contribution < -0.4 is 5.32 Å².